The molecule has 0 saturated heterocycles. The van der Waals surface area contributed by atoms with Crippen molar-refractivity contribution in [2.45, 2.75) is 0 Å². The van der Waals surface area contributed by atoms with E-state index in [0.29, 0.717) is 15.7 Å². The van der Waals surface area contributed by atoms with E-state index in [1.54, 1.807) is 24.3 Å². The minimum atomic E-state index is -0.425. The average molecular weight is 411 g/mol. The van der Waals surface area contributed by atoms with Gasteiger partial charge in [0.1, 0.15) is 6.07 Å². The third kappa shape index (κ3) is 3.58. The molecule has 1 amide bonds. The van der Waals surface area contributed by atoms with Crippen LogP contribution in [0.25, 0.3) is 0 Å². The van der Waals surface area contributed by atoms with Gasteiger partial charge in [0, 0.05) is 15.1 Å². The number of aromatic nitrogens is 1. The molecule has 106 valence electrons. The molecular weight excluding hydrogens is 402 g/mol. The van der Waals surface area contributed by atoms with Crippen molar-refractivity contribution in [3.05, 3.63) is 50.5 Å². The molecule has 2 rings (SSSR count). The molecule has 0 spiro atoms. The monoisotopic (exact) mass is 409 g/mol. The van der Waals surface area contributed by atoms with E-state index in [4.69, 9.17) is 11.1 Å². The van der Waals surface area contributed by atoms with E-state index in [9.17, 15) is 4.79 Å². The van der Waals surface area contributed by atoms with E-state index in [1.165, 1.54) is 6.20 Å². The van der Waals surface area contributed by atoms with Gasteiger partial charge in [-0.25, -0.2) is 10.8 Å². The van der Waals surface area contributed by atoms with Gasteiger partial charge < -0.3 is 10.7 Å². The minimum absolute atomic E-state index is 0.240. The first kappa shape index (κ1) is 15.4. The first-order valence-corrected chi connectivity index (χ1v) is 7.27. The van der Waals surface area contributed by atoms with Crippen LogP contribution in [0.1, 0.15) is 15.9 Å². The summed E-state index contributed by atoms with van der Waals surface area (Å²) in [4.78, 5) is 16.3. The molecule has 0 aliphatic carbocycles. The Kier molecular flexibility index (Phi) is 4.90. The second kappa shape index (κ2) is 6.67. The highest BCUT2D eigenvalue weighted by Crippen LogP contribution is 2.23. The summed E-state index contributed by atoms with van der Waals surface area (Å²) in [5, 5.41) is 11.7. The first-order valence-electron chi connectivity index (χ1n) is 5.68. The normalized spacial score (nSPS) is 9.81. The van der Waals surface area contributed by atoms with E-state index < -0.39 is 5.91 Å². The zero-order valence-corrected chi connectivity index (χ0v) is 13.7. The van der Waals surface area contributed by atoms with Crippen LogP contribution in [0.3, 0.4) is 0 Å². The van der Waals surface area contributed by atoms with Crippen LogP contribution in [0.4, 0.5) is 11.5 Å². The van der Waals surface area contributed by atoms with Crippen molar-refractivity contribution in [3.63, 3.8) is 0 Å². The molecule has 0 bridgehead atoms. The van der Waals surface area contributed by atoms with E-state index in [2.05, 4.69) is 47.6 Å². The van der Waals surface area contributed by atoms with Gasteiger partial charge in [-0.2, -0.15) is 5.26 Å². The van der Waals surface area contributed by atoms with Crippen LogP contribution in [0, 0.1) is 11.3 Å². The number of nitrogens with one attached hydrogen (secondary N) is 2. The zero-order chi connectivity index (χ0) is 15.4. The Morgan fingerprint density at radius 2 is 2.05 bits per heavy atom. The van der Waals surface area contributed by atoms with Crippen molar-refractivity contribution in [1.82, 2.24) is 4.98 Å². The quantitative estimate of drug-likeness (QED) is 0.532. The van der Waals surface area contributed by atoms with Crippen LogP contribution in [-0.2, 0) is 0 Å². The molecule has 4 N–H and O–H groups in total. The predicted molar refractivity (Wildman–Crippen MR) is 86.6 cm³/mol. The van der Waals surface area contributed by atoms with Gasteiger partial charge in [-0.05, 0) is 40.2 Å². The van der Waals surface area contributed by atoms with Gasteiger partial charge in [0.05, 0.1) is 16.8 Å². The number of nitrogens with zero attached hydrogens (tertiary/aromatic N) is 2. The number of hydrogen-bond donors (Lipinski definition) is 3. The number of halogens is 2. The molecule has 0 aliphatic heterocycles. The SMILES string of the molecule is N#Cc1ccc(Br)cc1NC(=O)c1cc(Br)cnc1NN. The Morgan fingerprint density at radius 1 is 1.29 bits per heavy atom. The Hall–Kier alpha value is -1.95. The molecule has 2 aromatic rings. The van der Waals surface area contributed by atoms with Crippen molar-refractivity contribution in [2.75, 3.05) is 10.7 Å². The summed E-state index contributed by atoms with van der Waals surface area (Å²) in [7, 11) is 0. The summed E-state index contributed by atoms with van der Waals surface area (Å²) in [5.41, 5.74) is 3.38. The van der Waals surface area contributed by atoms with Crippen molar-refractivity contribution in [3.8, 4) is 6.07 Å². The van der Waals surface area contributed by atoms with Gasteiger partial charge in [-0.1, -0.05) is 15.9 Å². The Labute approximate surface area is 137 Å². The molecule has 1 aromatic heterocycles. The third-order valence-electron chi connectivity index (χ3n) is 2.59. The summed E-state index contributed by atoms with van der Waals surface area (Å²) < 4.78 is 1.39. The largest absolute Gasteiger partial charge is 0.321 e. The summed E-state index contributed by atoms with van der Waals surface area (Å²) >= 11 is 6.55. The van der Waals surface area contributed by atoms with Crippen LogP contribution >= 0.6 is 31.9 Å². The maximum Gasteiger partial charge on any atom is 0.259 e. The molecule has 1 heterocycles. The molecule has 6 nitrogen and oxygen atoms in total. The van der Waals surface area contributed by atoms with Crippen LogP contribution in [0.15, 0.2) is 39.4 Å². The van der Waals surface area contributed by atoms with Gasteiger partial charge in [-0.3, -0.25) is 4.79 Å². The maximum atomic E-state index is 12.3. The molecule has 0 saturated carbocycles. The second-order valence-corrected chi connectivity index (χ2v) is 5.78. The number of benzene rings is 1. The number of carbonyl (C=O) groups excluding carboxylic acids is 1. The Balaban J connectivity index is 2.37. The van der Waals surface area contributed by atoms with E-state index in [0.717, 1.165) is 4.47 Å². The maximum absolute atomic E-state index is 12.3. The molecule has 0 fully saturated rings. The molecular formula is C13H9Br2N5O. The second-order valence-electron chi connectivity index (χ2n) is 3.95. The number of carbonyl (C=O) groups is 1. The van der Waals surface area contributed by atoms with Gasteiger partial charge in [0.25, 0.3) is 5.91 Å². The summed E-state index contributed by atoms with van der Waals surface area (Å²) in [6.07, 6.45) is 1.52. The Morgan fingerprint density at radius 3 is 2.71 bits per heavy atom. The van der Waals surface area contributed by atoms with Crippen molar-refractivity contribution in [1.29, 1.82) is 5.26 Å². The Bertz CT molecular complexity index is 742. The van der Waals surface area contributed by atoms with Gasteiger partial charge in [-0.15, -0.1) is 0 Å². The van der Waals surface area contributed by atoms with Gasteiger partial charge >= 0.3 is 0 Å². The van der Waals surface area contributed by atoms with Crippen molar-refractivity contribution >= 4 is 49.3 Å². The zero-order valence-electron chi connectivity index (χ0n) is 10.5. The lowest BCUT2D eigenvalue weighted by Gasteiger charge is -2.10. The molecule has 0 atom stereocenters. The smallest absolute Gasteiger partial charge is 0.259 e. The number of rotatable bonds is 3. The third-order valence-corrected chi connectivity index (χ3v) is 3.51. The highest BCUT2D eigenvalue weighted by atomic mass is 79.9. The number of nitrogen functional groups attached to an aromatic ring is 1. The van der Waals surface area contributed by atoms with Crippen LogP contribution in [0.2, 0.25) is 0 Å². The number of nitrogens with two attached hydrogens (primary N) is 1. The number of hydrogen-bond acceptors (Lipinski definition) is 5. The molecule has 0 aliphatic rings. The fourth-order valence-electron chi connectivity index (χ4n) is 1.63. The number of pyridine rings is 1. The summed E-state index contributed by atoms with van der Waals surface area (Å²) in [6, 6.07) is 8.59. The van der Waals surface area contributed by atoms with Crippen molar-refractivity contribution < 1.29 is 4.79 Å². The molecule has 21 heavy (non-hydrogen) atoms. The van der Waals surface area contributed by atoms with Crippen LogP contribution in [-0.4, -0.2) is 10.9 Å². The lowest BCUT2D eigenvalue weighted by Crippen LogP contribution is -2.19. The number of amides is 1. The average Bonchev–Trinajstić information content (AvgIpc) is 2.47. The van der Waals surface area contributed by atoms with Gasteiger partial charge in [0.15, 0.2) is 5.82 Å². The highest BCUT2D eigenvalue weighted by molar-refractivity contribution is 9.10. The number of nitriles is 1. The van der Waals surface area contributed by atoms with E-state index in [-0.39, 0.29) is 11.4 Å². The molecule has 1 aromatic carbocycles. The summed E-state index contributed by atoms with van der Waals surface area (Å²) in [5.74, 6) is 5.16. The van der Waals surface area contributed by atoms with Crippen LogP contribution < -0.4 is 16.6 Å². The molecule has 0 unspecified atom stereocenters. The first-order chi connectivity index (χ1) is 10.0. The number of anilines is 2. The minimum Gasteiger partial charge on any atom is -0.321 e. The molecule has 0 radical (unpaired) electrons. The fourth-order valence-corrected chi connectivity index (χ4v) is 2.33. The van der Waals surface area contributed by atoms with Gasteiger partial charge in [0.2, 0.25) is 0 Å². The van der Waals surface area contributed by atoms with Crippen LogP contribution in [0.5, 0.6) is 0 Å². The highest BCUT2D eigenvalue weighted by Gasteiger charge is 2.15. The molecule has 8 heteroatoms. The summed E-state index contributed by atoms with van der Waals surface area (Å²) in [6.45, 7) is 0. The predicted octanol–water partition coefficient (Wildman–Crippen LogP) is 3.02. The fraction of sp³-hybridized carbons (Fsp3) is 0. The van der Waals surface area contributed by atoms with E-state index in [1.807, 2.05) is 6.07 Å². The van der Waals surface area contributed by atoms with E-state index >= 15 is 0 Å². The lowest BCUT2D eigenvalue weighted by molar-refractivity contribution is 0.102. The number of hydrazine groups is 1. The lowest BCUT2D eigenvalue weighted by atomic mass is 10.1. The van der Waals surface area contributed by atoms with Crippen molar-refractivity contribution in [2.24, 2.45) is 5.84 Å². The standard InChI is InChI=1S/C13H9Br2N5O/c14-8-2-1-7(5-16)11(4-8)19-13(21)10-3-9(15)6-18-12(10)20-17/h1-4,6H,17H2,(H,18,20)(H,19,21). The topological polar surface area (TPSA) is 104 Å².